The van der Waals surface area contributed by atoms with Gasteiger partial charge in [0.1, 0.15) is 5.75 Å². The molecule has 0 spiro atoms. The summed E-state index contributed by atoms with van der Waals surface area (Å²) in [6, 6.07) is 10.3. The fraction of sp³-hybridized carbons (Fsp3) is 0.417. The molecule has 30 heavy (non-hydrogen) atoms. The third-order valence-corrected chi connectivity index (χ3v) is 6.73. The number of anilines is 2. The molecular weight excluding hydrogens is 394 g/mol. The van der Waals surface area contributed by atoms with Crippen LogP contribution >= 0.6 is 11.3 Å². The summed E-state index contributed by atoms with van der Waals surface area (Å²) in [6.07, 6.45) is 1.90. The molecule has 1 amide bonds. The molecule has 0 saturated carbocycles. The minimum Gasteiger partial charge on any atom is -0.494 e. The van der Waals surface area contributed by atoms with Crippen molar-refractivity contribution >= 4 is 38.3 Å². The second-order valence-corrected chi connectivity index (χ2v) is 9.12. The van der Waals surface area contributed by atoms with E-state index in [1.807, 2.05) is 19.1 Å². The smallest absolute Gasteiger partial charge is 0.229 e. The number of piperidine rings is 1. The van der Waals surface area contributed by atoms with Crippen LogP contribution in [0.15, 0.2) is 30.3 Å². The third-order valence-electron chi connectivity index (χ3n) is 5.65. The molecule has 2 aromatic carbocycles. The molecule has 0 bridgehead atoms. The van der Waals surface area contributed by atoms with Crippen molar-refractivity contribution in [1.29, 1.82) is 0 Å². The average Bonchev–Trinajstić information content (AvgIpc) is 3.14. The third kappa shape index (κ3) is 4.29. The molecule has 1 saturated heterocycles. The number of amides is 1. The van der Waals surface area contributed by atoms with Crippen molar-refractivity contribution in [2.24, 2.45) is 5.92 Å². The molecule has 5 nitrogen and oxygen atoms in total. The summed E-state index contributed by atoms with van der Waals surface area (Å²) in [5, 5.41) is 4.18. The van der Waals surface area contributed by atoms with E-state index in [1.54, 1.807) is 11.3 Å². The molecule has 158 valence electrons. The summed E-state index contributed by atoms with van der Waals surface area (Å²) in [5.41, 5.74) is 5.38. The van der Waals surface area contributed by atoms with Gasteiger partial charge in [-0.05, 0) is 69.9 Å². The lowest BCUT2D eigenvalue weighted by Gasteiger charge is -2.32. The highest BCUT2D eigenvalue weighted by Crippen LogP contribution is 2.34. The highest BCUT2D eigenvalue weighted by atomic mass is 32.1. The molecule has 0 unspecified atom stereocenters. The van der Waals surface area contributed by atoms with Gasteiger partial charge in [-0.15, -0.1) is 0 Å². The topological polar surface area (TPSA) is 54.5 Å². The molecule has 1 atom stereocenters. The van der Waals surface area contributed by atoms with E-state index in [-0.39, 0.29) is 11.8 Å². The van der Waals surface area contributed by atoms with Crippen LogP contribution in [0.4, 0.5) is 10.8 Å². The fourth-order valence-electron chi connectivity index (χ4n) is 4.25. The molecule has 6 heteroatoms. The van der Waals surface area contributed by atoms with Crippen molar-refractivity contribution < 1.29 is 9.53 Å². The number of carbonyl (C=O) groups is 1. The minimum absolute atomic E-state index is 0.0372. The number of nitrogens with one attached hydrogen (secondary N) is 1. The largest absolute Gasteiger partial charge is 0.494 e. The number of hydrogen-bond donors (Lipinski definition) is 1. The zero-order chi connectivity index (χ0) is 21.3. The molecule has 1 N–H and O–H groups in total. The summed E-state index contributed by atoms with van der Waals surface area (Å²) in [7, 11) is 0. The number of thiazole rings is 1. The lowest BCUT2D eigenvalue weighted by atomic mass is 9.96. The number of nitrogens with zero attached hydrogens (tertiary/aromatic N) is 2. The van der Waals surface area contributed by atoms with Gasteiger partial charge in [0.05, 0.1) is 22.7 Å². The number of benzene rings is 2. The fourth-order valence-corrected chi connectivity index (χ4v) is 5.28. The van der Waals surface area contributed by atoms with E-state index in [9.17, 15) is 4.79 Å². The van der Waals surface area contributed by atoms with E-state index in [0.717, 1.165) is 57.3 Å². The van der Waals surface area contributed by atoms with Crippen molar-refractivity contribution in [2.45, 2.75) is 40.5 Å². The van der Waals surface area contributed by atoms with Gasteiger partial charge in [-0.1, -0.05) is 29.0 Å². The maximum absolute atomic E-state index is 13.1. The first-order chi connectivity index (χ1) is 14.4. The van der Waals surface area contributed by atoms with Crippen LogP contribution in [0.1, 0.15) is 36.5 Å². The van der Waals surface area contributed by atoms with Crippen LogP contribution < -0.4 is 15.0 Å². The predicted molar refractivity (Wildman–Crippen MR) is 125 cm³/mol. The van der Waals surface area contributed by atoms with E-state index < -0.39 is 0 Å². The Balaban J connectivity index is 1.49. The van der Waals surface area contributed by atoms with Gasteiger partial charge in [0.15, 0.2) is 5.13 Å². The van der Waals surface area contributed by atoms with Crippen molar-refractivity contribution in [3.63, 3.8) is 0 Å². The molecule has 0 radical (unpaired) electrons. The average molecular weight is 424 g/mol. The molecule has 4 rings (SSSR count). The first-order valence-electron chi connectivity index (χ1n) is 10.6. The zero-order valence-electron chi connectivity index (χ0n) is 18.1. The number of ether oxygens (including phenoxy) is 1. The molecule has 1 fully saturated rings. The van der Waals surface area contributed by atoms with Gasteiger partial charge >= 0.3 is 0 Å². The monoisotopic (exact) mass is 423 g/mol. The summed E-state index contributed by atoms with van der Waals surface area (Å²) in [4.78, 5) is 20.1. The van der Waals surface area contributed by atoms with Gasteiger partial charge in [0.25, 0.3) is 0 Å². The Morgan fingerprint density at radius 1 is 1.23 bits per heavy atom. The van der Waals surface area contributed by atoms with E-state index in [1.165, 1.54) is 5.56 Å². The first-order valence-corrected chi connectivity index (χ1v) is 11.4. The Labute approximate surface area is 182 Å². The second kappa shape index (κ2) is 8.64. The van der Waals surface area contributed by atoms with Gasteiger partial charge in [0.2, 0.25) is 5.91 Å². The standard InChI is InChI=1S/C24H29N3O2S/c1-5-29-19-8-9-20-21(13-19)30-24(25-20)27-10-6-7-18(14-27)23(28)26-22-16(3)11-15(2)12-17(22)4/h8-9,11-13,18H,5-7,10,14H2,1-4H3,(H,26,28)/t18-/m0/s1. The Hall–Kier alpha value is -2.60. The predicted octanol–water partition coefficient (Wildman–Crippen LogP) is 5.48. The molecule has 2 heterocycles. The van der Waals surface area contributed by atoms with E-state index >= 15 is 0 Å². The second-order valence-electron chi connectivity index (χ2n) is 8.11. The van der Waals surface area contributed by atoms with E-state index in [4.69, 9.17) is 9.72 Å². The maximum Gasteiger partial charge on any atom is 0.229 e. The lowest BCUT2D eigenvalue weighted by Crippen LogP contribution is -2.40. The number of aryl methyl sites for hydroxylation is 3. The molecule has 3 aromatic rings. The maximum atomic E-state index is 13.1. The summed E-state index contributed by atoms with van der Waals surface area (Å²) in [5.74, 6) is 0.944. The van der Waals surface area contributed by atoms with Crippen LogP contribution in [0.25, 0.3) is 10.2 Å². The SMILES string of the molecule is CCOc1ccc2nc(N3CCC[C@H](C(=O)Nc4c(C)cc(C)cc4C)C3)sc2c1. The summed E-state index contributed by atoms with van der Waals surface area (Å²) < 4.78 is 6.73. The number of carbonyl (C=O) groups excluding carboxylic acids is 1. The Morgan fingerprint density at radius 3 is 2.73 bits per heavy atom. The minimum atomic E-state index is -0.0372. The Bertz CT molecular complexity index is 1050. The quantitative estimate of drug-likeness (QED) is 0.591. The van der Waals surface area contributed by atoms with E-state index in [2.05, 4.69) is 49.2 Å². The highest BCUT2D eigenvalue weighted by Gasteiger charge is 2.28. The van der Waals surface area contributed by atoms with Crippen molar-refractivity contribution in [2.75, 3.05) is 29.9 Å². The molecule has 1 aliphatic heterocycles. The number of hydrogen-bond acceptors (Lipinski definition) is 5. The van der Waals surface area contributed by atoms with E-state index in [0.29, 0.717) is 13.2 Å². The normalized spacial score (nSPS) is 16.7. The molecule has 0 aliphatic carbocycles. The lowest BCUT2D eigenvalue weighted by molar-refractivity contribution is -0.120. The number of aromatic nitrogens is 1. The Kier molecular flexibility index (Phi) is 5.95. The van der Waals surface area contributed by atoms with Crippen molar-refractivity contribution in [3.8, 4) is 5.75 Å². The summed E-state index contributed by atoms with van der Waals surface area (Å²) >= 11 is 1.67. The van der Waals surface area contributed by atoms with Gasteiger partial charge < -0.3 is 15.0 Å². The van der Waals surface area contributed by atoms with Crippen LogP contribution in [-0.4, -0.2) is 30.6 Å². The summed E-state index contributed by atoms with van der Waals surface area (Å²) in [6.45, 7) is 10.5. The van der Waals surface area contributed by atoms with Crippen LogP contribution in [0, 0.1) is 26.7 Å². The van der Waals surface area contributed by atoms with Crippen LogP contribution in [0.5, 0.6) is 5.75 Å². The zero-order valence-corrected chi connectivity index (χ0v) is 18.9. The molecule has 1 aliphatic rings. The highest BCUT2D eigenvalue weighted by molar-refractivity contribution is 7.22. The molecular formula is C24H29N3O2S. The van der Waals surface area contributed by atoms with Crippen molar-refractivity contribution in [3.05, 3.63) is 47.0 Å². The number of fused-ring (bicyclic) bond motifs is 1. The van der Waals surface area contributed by atoms with Crippen molar-refractivity contribution in [1.82, 2.24) is 4.98 Å². The first kappa shape index (κ1) is 20.7. The number of rotatable bonds is 5. The van der Waals surface area contributed by atoms with Crippen LogP contribution in [-0.2, 0) is 4.79 Å². The van der Waals surface area contributed by atoms with Gasteiger partial charge in [-0.3, -0.25) is 4.79 Å². The van der Waals surface area contributed by atoms with Crippen LogP contribution in [0.3, 0.4) is 0 Å². The van der Waals surface area contributed by atoms with Gasteiger partial charge in [-0.25, -0.2) is 4.98 Å². The van der Waals surface area contributed by atoms with Gasteiger partial charge in [0, 0.05) is 18.8 Å². The van der Waals surface area contributed by atoms with Gasteiger partial charge in [-0.2, -0.15) is 0 Å². The Morgan fingerprint density at radius 2 is 2.00 bits per heavy atom. The molecule has 1 aromatic heterocycles. The van der Waals surface area contributed by atoms with Crippen LogP contribution in [0.2, 0.25) is 0 Å².